The highest BCUT2D eigenvalue weighted by Crippen LogP contribution is 2.08. The Balaban J connectivity index is 2.73. The molecule has 0 nitrogen and oxygen atoms in total. The summed E-state index contributed by atoms with van der Waals surface area (Å²) in [5, 5.41) is 0. The predicted molar refractivity (Wildman–Crippen MR) is 60.4 cm³/mol. The van der Waals surface area contributed by atoms with Crippen molar-refractivity contribution in [1.82, 2.24) is 0 Å². The van der Waals surface area contributed by atoms with E-state index in [0.29, 0.717) is 0 Å². The van der Waals surface area contributed by atoms with Crippen LogP contribution in [0.25, 0.3) is 0 Å². The molecule has 0 N–H and O–H groups in total. The number of unbranched alkanes of at least 4 members (excludes halogenated alkanes) is 6. The Labute approximate surface area is 79.4 Å². The van der Waals surface area contributed by atoms with Crippen LogP contribution in [0.3, 0.4) is 0 Å². The van der Waals surface area contributed by atoms with Gasteiger partial charge in [-0.05, 0) is 0 Å². The summed E-state index contributed by atoms with van der Waals surface area (Å²) in [4.78, 5) is 0. The van der Waals surface area contributed by atoms with Crippen molar-refractivity contribution < 1.29 is 0 Å². The van der Waals surface area contributed by atoms with E-state index in [-0.39, 0.29) is 0 Å². The molecule has 0 saturated heterocycles. The van der Waals surface area contributed by atoms with Gasteiger partial charge in [0, 0.05) is 0 Å². The van der Waals surface area contributed by atoms with Crippen molar-refractivity contribution in [3.05, 3.63) is 0 Å². The molecule has 0 aliphatic heterocycles. The zero-order valence-corrected chi connectivity index (χ0v) is 9.07. The third kappa shape index (κ3) is 10.1. The lowest BCUT2D eigenvalue weighted by Crippen LogP contribution is -1.86. The van der Waals surface area contributed by atoms with E-state index in [1.54, 1.807) is 0 Å². The highest BCUT2D eigenvalue weighted by Gasteiger charge is 1.91. The fourth-order valence-electron chi connectivity index (χ4n) is 1.56. The van der Waals surface area contributed by atoms with Gasteiger partial charge in [-0.1, -0.05) is 71.4 Å². The topological polar surface area (TPSA) is 0 Å². The van der Waals surface area contributed by atoms with Gasteiger partial charge in [0.05, 0.1) is 0 Å². The zero-order chi connectivity index (χ0) is 9.07. The number of hydrogen-bond donors (Lipinski definition) is 0. The molecule has 0 aromatic heterocycles. The summed E-state index contributed by atoms with van der Waals surface area (Å²) in [7, 11) is 1.44. The second-order valence-electron chi connectivity index (χ2n) is 3.83. The Hall–Kier alpha value is 0.0649. The maximum atomic E-state index is 2.28. The fraction of sp³-hybridized carbons (Fsp3) is 1.00. The lowest BCUT2D eigenvalue weighted by Gasteiger charge is -1.99. The molecule has 0 fully saturated rings. The van der Waals surface area contributed by atoms with Crippen molar-refractivity contribution in [2.24, 2.45) is 0 Å². The van der Waals surface area contributed by atoms with Crippen molar-refractivity contribution in [2.45, 2.75) is 71.4 Å². The molecule has 0 atom stereocenters. The van der Waals surface area contributed by atoms with E-state index >= 15 is 0 Å². The van der Waals surface area contributed by atoms with E-state index < -0.39 is 0 Å². The minimum atomic E-state index is 1.37. The SMILES string of the molecule is CCBCCCCCCCCC. The van der Waals surface area contributed by atoms with E-state index in [2.05, 4.69) is 13.8 Å². The molecule has 0 aromatic carbocycles. The average molecular weight is 168 g/mol. The first-order chi connectivity index (χ1) is 5.91. The van der Waals surface area contributed by atoms with Crippen molar-refractivity contribution in [1.29, 1.82) is 0 Å². The summed E-state index contributed by atoms with van der Waals surface area (Å²) >= 11 is 0. The standard InChI is InChI=1S/C11H25B/c1-3-5-6-7-8-9-10-11-12-4-2/h12H,3-11H2,1-2H3. The Morgan fingerprint density at radius 1 is 0.750 bits per heavy atom. The van der Waals surface area contributed by atoms with Gasteiger partial charge in [-0.3, -0.25) is 0 Å². The smallest absolute Gasteiger partial charge is 0.0803 e. The van der Waals surface area contributed by atoms with Crippen LogP contribution in [-0.4, -0.2) is 7.28 Å². The second-order valence-corrected chi connectivity index (χ2v) is 3.83. The van der Waals surface area contributed by atoms with Gasteiger partial charge in [-0.15, -0.1) is 0 Å². The van der Waals surface area contributed by atoms with Gasteiger partial charge in [0.2, 0.25) is 0 Å². The number of rotatable bonds is 9. The second kappa shape index (κ2) is 11.1. The first-order valence-electron chi connectivity index (χ1n) is 5.91. The van der Waals surface area contributed by atoms with E-state index in [4.69, 9.17) is 0 Å². The van der Waals surface area contributed by atoms with Gasteiger partial charge in [0.25, 0.3) is 0 Å². The van der Waals surface area contributed by atoms with E-state index in [0.717, 1.165) is 0 Å². The molecule has 0 aliphatic rings. The van der Waals surface area contributed by atoms with Crippen molar-refractivity contribution >= 4 is 7.28 Å². The van der Waals surface area contributed by atoms with Crippen LogP contribution in [-0.2, 0) is 0 Å². The predicted octanol–water partition coefficient (Wildman–Crippen LogP) is 4.03. The van der Waals surface area contributed by atoms with Crippen LogP contribution in [0.2, 0.25) is 12.6 Å². The molecule has 0 bridgehead atoms. The van der Waals surface area contributed by atoms with Gasteiger partial charge in [0.1, 0.15) is 7.28 Å². The van der Waals surface area contributed by atoms with Crippen molar-refractivity contribution in [3.8, 4) is 0 Å². The van der Waals surface area contributed by atoms with Crippen molar-refractivity contribution in [2.75, 3.05) is 0 Å². The van der Waals surface area contributed by atoms with Crippen LogP contribution in [0.4, 0.5) is 0 Å². The Morgan fingerprint density at radius 2 is 1.33 bits per heavy atom. The van der Waals surface area contributed by atoms with Gasteiger partial charge in [-0.2, -0.15) is 0 Å². The molecule has 72 valence electrons. The fourth-order valence-corrected chi connectivity index (χ4v) is 1.56. The minimum absolute atomic E-state index is 1.37. The van der Waals surface area contributed by atoms with E-state index in [9.17, 15) is 0 Å². The summed E-state index contributed by atoms with van der Waals surface area (Å²) in [5.74, 6) is 0. The van der Waals surface area contributed by atoms with Crippen molar-refractivity contribution in [3.63, 3.8) is 0 Å². The molecule has 0 radical (unpaired) electrons. The molecule has 0 spiro atoms. The zero-order valence-electron chi connectivity index (χ0n) is 9.07. The quantitative estimate of drug-likeness (QED) is 0.360. The Kier molecular flexibility index (Phi) is 11.1. The molecule has 0 saturated carbocycles. The summed E-state index contributed by atoms with van der Waals surface area (Å²) < 4.78 is 0. The normalized spacial score (nSPS) is 10.2. The van der Waals surface area contributed by atoms with Gasteiger partial charge in [-0.25, -0.2) is 0 Å². The van der Waals surface area contributed by atoms with Gasteiger partial charge in [0.15, 0.2) is 0 Å². The molecule has 0 amide bonds. The van der Waals surface area contributed by atoms with Crippen LogP contribution in [0.5, 0.6) is 0 Å². The van der Waals surface area contributed by atoms with E-state index in [1.165, 1.54) is 64.9 Å². The number of hydrogen-bond acceptors (Lipinski definition) is 0. The third-order valence-corrected chi connectivity index (χ3v) is 2.46. The molecular weight excluding hydrogens is 143 g/mol. The summed E-state index contributed by atoms with van der Waals surface area (Å²) in [5.41, 5.74) is 0. The largest absolute Gasteiger partial charge is 0.120 e. The summed E-state index contributed by atoms with van der Waals surface area (Å²) in [6, 6.07) is 0. The van der Waals surface area contributed by atoms with Crippen LogP contribution in [0.15, 0.2) is 0 Å². The monoisotopic (exact) mass is 168 g/mol. The lowest BCUT2D eigenvalue weighted by molar-refractivity contribution is 0.601. The molecule has 0 aromatic rings. The first kappa shape index (κ1) is 12.1. The van der Waals surface area contributed by atoms with Crippen LogP contribution in [0, 0.1) is 0 Å². The highest BCUT2D eigenvalue weighted by atomic mass is 13.9. The lowest BCUT2D eigenvalue weighted by atomic mass is 9.70. The maximum absolute atomic E-state index is 2.28. The van der Waals surface area contributed by atoms with Crippen LogP contribution in [0.1, 0.15) is 58.8 Å². The van der Waals surface area contributed by atoms with Gasteiger partial charge >= 0.3 is 0 Å². The summed E-state index contributed by atoms with van der Waals surface area (Å²) in [6.07, 6.45) is 13.0. The van der Waals surface area contributed by atoms with Crippen LogP contribution < -0.4 is 0 Å². The van der Waals surface area contributed by atoms with Crippen LogP contribution >= 0.6 is 0 Å². The Morgan fingerprint density at radius 3 is 1.92 bits per heavy atom. The molecular formula is C11H25B. The maximum Gasteiger partial charge on any atom is 0.120 e. The summed E-state index contributed by atoms with van der Waals surface area (Å²) in [6.45, 7) is 4.56. The average Bonchev–Trinajstić information content (AvgIpc) is 2.10. The van der Waals surface area contributed by atoms with E-state index in [1.807, 2.05) is 0 Å². The molecule has 0 heterocycles. The minimum Gasteiger partial charge on any atom is -0.0803 e. The van der Waals surface area contributed by atoms with Gasteiger partial charge < -0.3 is 0 Å². The third-order valence-electron chi connectivity index (χ3n) is 2.46. The molecule has 0 aliphatic carbocycles. The highest BCUT2D eigenvalue weighted by molar-refractivity contribution is 6.35. The molecule has 12 heavy (non-hydrogen) atoms. The molecule has 0 rings (SSSR count). The molecule has 1 heteroatoms. The molecule has 0 unspecified atom stereocenters. The Bertz CT molecular complexity index is 61.4. The first-order valence-corrected chi connectivity index (χ1v) is 5.91.